The van der Waals surface area contributed by atoms with Gasteiger partial charge in [0.15, 0.2) is 5.82 Å². The molecule has 2 rings (SSSR count). The zero-order valence-corrected chi connectivity index (χ0v) is 11.2. The molecular formula is C12H13ClN4O2. The molecule has 1 heterocycles. The second-order valence-electron chi connectivity index (χ2n) is 3.64. The maximum Gasteiger partial charge on any atom is 0.151 e. The van der Waals surface area contributed by atoms with E-state index in [0.29, 0.717) is 33.8 Å². The highest BCUT2D eigenvalue weighted by molar-refractivity contribution is 6.32. The topological polar surface area (TPSA) is 82.3 Å². The van der Waals surface area contributed by atoms with Crippen LogP contribution in [0.15, 0.2) is 24.5 Å². The lowest BCUT2D eigenvalue weighted by atomic mass is 10.2. The molecule has 0 bridgehead atoms. The van der Waals surface area contributed by atoms with E-state index in [1.807, 2.05) is 0 Å². The van der Waals surface area contributed by atoms with Crippen LogP contribution in [0.1, 0.15) is 0 Å². The Kier molecular flexibility index (Phi) is 3.91. The number of aromatic nitrogens is 2. The van der Waals surface area contributed by atoms with E-state index in [1.165, 1.54) is 13.3 Å². The van der Waals surface area contributed by atoms with Crippen molar-refractivity contribution in [1.29, 1.82) is 0 Å². The molecular weight excluding hydrogens is 268 g/mol. The first-order valence-electron chi connectivity index (χ1n) is 5.40. The summed E-state index contributed by atoms with van der Waals surface area (Å²) >= 11 is 6.07. The molecule has 3 N–H and O–H groups in total. The molecule has 0 amide bonds. The maximum absolute atomic E-state index is 6.07. The summed E-state index contributed by atoms with van der Waals surface area (Å²) in [6.45, 7) is 0. The van der Waals surface area contributed by atoms with Gasteiger partial charge in [0.1, 0.15) is 17.3 Å². The number of hydrogen-bond donors (Lipinski definition) is 2. The quantitative estimate of drug-likeness (QED) is 0.895. The lowest BCUT2D eigenvalue weighted by Crippen LogP contribution is -2.00. The Bertz CT molecular complexity index is 592. The number of anilines is 3. The lowest BCUT2D eigenvalue weighted by Gasteiger charge is -2.13. The largest absolute Gasteiger partial charge is 0.495 e. The molecule has 1 aromatic heterocycles. The van der Waals surface area contributed by atoms with Gasteiger partial charge in [0.05, 0.1) is 37.3 Å². The predicted molar refractivity (Wildman–Crippen MR) is 74.3 cm³/mol. The van der Waals surface area contributed by atoms with Gasteiger partial charge in [0, 0.05) is 6.07 Å². The number of benzene rings is 1. The fourth-order valence-electron chi connectivity index (χ4n) is 1.54. The second-order valence-corrected chi connectivity index (χ2v) is 4.05. The minimum absolute atomic E-state index is 0.323. The van der Waals surface area contributed by atoms with E-state index in [9.17, 15) is 0 Å². The second kappa shape index (κ2) is 5.62. The highest BCUT2D eigenvalue weighted by Gasteiger charge is 2.10. The molecule has 0 unspecified atom stereocenters. The fraction of sp³-hybridized carbons (Fsp3) is 0.167. The monoisotopic (exact) mass is 280 g/mol. The average Bonchev–Trinajstić information content (AvgIpc) is 2.39. The molecule has 100 valence electrons. The summed E-state index contributed by atoms with van der Waals surface area (Å²) < 4.78 is 10.4. The number of hydrogen-bond acceptors (Lipinski definition) is 6. The van der Waals surface area contributed by atoms with Crippen molar-refractivity contribution in [2.24, 2.45) is 0 Å². The molecule has 1 aromatic carbocycles. The SMILES string of the molecule is COc1cc(OC)c(Nc2cncc(N)n2)cc1Cl. The third-order valence-electron chi connectivity index (χ3n) is 2.39. The predicted octanol–water partition coefficient (Wildman–Crippen LogP) is 2.47. The molecule has 6 nitrogen and oxygen atoms in total. The Morgan fingerprint density at radius 1 is 1.16 bits per heavy atom. The van der Waals surface area contributed by atoms with Gasteiger partial charge in [-0.15, -0.1) is 0 Å². The van der Waals surface area contributed by atoms with Gasteiger partial charge in [-0.2, -0.15) is 0 Å². The Morgan fingerprint density at radius 3 is 2.53 bits per heavy atom. The average molecular weight is 281 g/mol. The van der Waals surface area contributed by atoms with Crippen LogP contribution in [0.3, 0.4) is 0 Å². The standard InChI is InChI=1S/C12H13ClN4O2/c1-18-9-4-10(19-2)8(3-7(9)13)16-12-6-15-5-11(14)17-12/h3-6H,1-2H3,(H3,14,16,17). The number of nitrogens with zero attached hydrogens (tertiary/aromatic N) is 2. The van der Waals surface area contributed by atoms with Crippen LogP contribution in [0, 0.1) is 0 Å². The zero-order chi connectivity index (χ0) is 13.8. The summed E-state index contributed by atoms with van der Waals surface area (Å²) in [7, 11) is 3.09. The van der Waals surface area contributed by atoms with E-state index in [1.54, 1.807) is 25.4 Å². The minimum Gasteiger partial charge on any atom is -0.495 e. The molecule has 2 aromatic rings. The van der Waals surface area contributed by atoms with Crippen LogP contribution >= 0.6 is 11.6 Å². The van der Waals surface area contributed by atoms with Crippen molar-refractivity contribution in [3.63, 3.8) is 0 Å². The van der Waals surface area contributed by atoms with Crippen molar-refractivity contribution in [3.8, 4) is 11.5 Å². The Balaban J connectivity index is 2.36. The molecule has 0 aliphatic rings. The molecule has 0 aliphatic heterocycles. The van der Waals surface area contributed by atoms with Crippen LogP contribution in [-0.2, 0) is 0 Å². The number of methoxy groups -OCH3 is 2. The molecule has 19 heavy (non-hydrogen) atoms. The van der Waals surface area contributed by atoms with Crippen molar-refractivity contribution in [1.82, 2.24) is 9.97 Å². The number of nitrogens with two attached hydrogens (primary N) is 1. The molecule has 0 atom stereocenters. The van der Waals surface area contributed by atoms with E-state index in [4.69, 9.17) is 26.8 Å². The van der Waals surface area contributed by atoms with Crippen LogP contribution < -0.4 is 20.5 Å². The first-order valence-corrected chi connectivity index (χ1v) is 5.78. The summed E-state index contributed by atoms with van der Waals surface area (Å²) in [6.07, 6.45) is 3.01. The number of nitrogen functional groups attached to an aromatic ring is 1. The molecule has 7 heteroatoms. The van der Waals surface area contributed by atoms with Crippen LogP contribution in [0.5, 0.6) is 11.5 Å². The molecule has 0 spiro atoms. The van der Waals surface area contributed by atoms with Crippen molar-refractivity contribution >= 4 is 28.9 Å². The number of halogens is 1. The molecule has 0 fully saturated rings. The van der Waals surface area contributed by atoms with Gasteiger partial charge in [0.2, 0.25) is 0 Å². The van der Waals surface area contributed by atoms with E-state index in [0.717, 1.165) is 0 Å². The lowest BCUT2D eigenvalue weighted by molar-refractivity contribution is 0.396. The number of rotatable bonds is 4. The highest BCUT2D eigenvalue weighted by Crippen LogP contribution is 2.36. The van der Waals surface area contributed by atoms with Crippen LogP contribution in [0.4, 0.5) is 17.3 Å². The van der Waals surface area contributed by atoms with Gasteiger partial charge in [-0.25, -0.2) is 4.98 Å². The Hall–Kier alpha value is -2.21. The van der Waals surface area contributed by atoms with Crippen LogP contribution in [0.2, 0.25) is 5.02 Å². The number of nitrogens with one attached hydrogen (secondary N) is 1. The third-order valence-corrected chi connectivity index (χ3v) is 2.69. The summed E-state index contributed by atoms with van der Waals surface area (Å²) in [6, 6.07) is 3.37. The van der Waals surface area contributed by atoms with E-state index in [2.05, 4.69) is 15.3 Å². The van der Waals surface area contributed by atoms with E-state index in [-0.39, 0.29) is 0 Å². The van der Waals surface area contributed by atoms with Crippen molar-refractivity contribution in [2.45, 2.75) is 0 Å². The van der Waals surface area contributed by atoms with Gasteiger partial charge >= 0.3 is 0 Å². The first-order chi connectivity index (χ1) is 9.13. The van der Waals surface area contributed by atoms with Crippen LogP contribution in [-0.4, -0.2) is 24.2 Å². The summed E-state index contributed by atoms with van der Waals surface area (Å²) in [5, 5.41) is 3.50. The zero-order valence-electron chi connectivity index (χ0n) is 10.5. The van der Waals surface area contributed by atoms with E-state index < -0.39 is 0 Å². The van der Waals surface area contributed by atoms with Gasteiger partial charge in [-0.3, -0.25) is 4.98 Å². The van der Waals surface area contributed by atoms with Crippen molar-refractivity contribution < 1.29 is 9.47 Å². The molecule has 0 saturated heterocycles. The van der Waals surface area contributed by atoms with Gasteiger partial charge in [-0.05, 0) is 6.07 Å². The summed E-state index contributed by atoms with van der Waals surface area (Å²) in [4.78, 5) is 8.03. The Labute approximate surface area is 115 Å². The molecule has 0 aliphatic carbocycles. The molecule has 0 radical (unpaired) electrons. The van der Waals surface area contributed by atoms with Gasteiger partial charge in [0.25, 0.3) is 0 Å². The Morgan fingerprint density at radius 2 is 1.89 bits per heavy atom. The minimum atomic E-state index is 0.323. The van der Waals surface area contributed by atoms with Crippen molar-refractivity contribution in [3.05, 3.63) is 29.5 Å². The molecule has 0 saturated carbocycles. The van der Waals surface area contributed by atoms with Crippen molar-refractivity contribution in [2.75, 3.05) is 25.3 Å². The fourth-order valence-corrected chi connectivity index (χ4v) is 1.78. The number of ether oxygens (including phenoxy) is 2. The third kappa shape index (κ3) is 2.97. The maximum atomic E-state index is 6.07. The highest BCUT2D eigenvalue weighted by atomic mass is 35.5. The summed E-state index contributed by atoms with van der Waals surface area (Å²) in [5.41, 5.74) is 6.21. The van der Waals surface area contributed by atoms with Crippen LogP contribution in [0.25, 0.3) is 0 Å². The van der Waals surface area contributed by atoms with E-state index >= 15 is 0 Å². The normalized spacial score (nSPS) is 10.1. The van der Waals surface area contributed by atoms with Gasteiger partial charge < -0.3 is 20.5 Å². The summed E-state index contributed by atoms with van der Waals surface area (Å²) in [5.74, 6) is 1.93. The van der Waals surface area contributed by atoms with Gasteiger partial charge in [-0.1, -0.05) is 11.6 Å². The first kappa shape index (κ1) is 13.2. The smallest absolute Gasteiger partial charge is 0.151 e.